The van der Waals surface area contributed by atoms with E-state index in [1.807, 2.05) is 0 Å². The van der Waals surface area contributed by atoms with Gasteiger partial charge in [-0.1, -0.05) is 132 Å². The fourth-order valence-corrected chi connectivity index (χ4v) is 13.1. The van der Waals surface area contributed by atoms with Crippen LogP contribution >= 0.6 is 0 Å². The van der Waals surface area contributed by atoms with Crippen LogP contribution in [0.15, 0.2) is 34.7 Å². The molecule has 120 heavy (non-hydrogen) atoms. The minimum Gasteiger partial charge on any atom is -0.481 e. The standard InChI is InChI=1S/C80H141N23O17/c1-10-12-13-14-15-16-17-18-19-20-21-22-23-24-25-35-61(104)102-92-47-64(107)93-54(32-28-39-87-79(82)83)69(110)89-45-62(105)94-55(33-29-40-88-80(84)85)72(113)101-68(52(9)11-2)76(117)97-58(42-49(3)4)73(114)95-56(31-26-27-38-81)71(112)96-57(36-37-65(108)109)77(118)103-41-30-34-60(103)74(115)100-66(50(5)6)75(116)98-59(43-53-44-86-48-91-53)70(111)90-46-63(106)99-67(51(7)8)78(119)120/h18-19,44,48-52,54-60,66-68,92H,10-17,20-43,45-47,81H2,1-9H3,(H,86,91)(H,89,110)(H,90,111)(H,93,107)(H,94,105)(H,95,114)(H,96,112)(H,97,117)(H,98,116)(H,99,106)(H,100,115)(H,101,113)(H,102,104)(H,108,109)(H,119,120)(H4,82,83,87)(H4,84,85,88)/b19-18-/t52-,54-,55-,56-,57-,58-,59-,60-,66-,67-,68-/m0/s1. The Morgan fingerprint density at radius 1 is 0.517 bits per heavy atom. The summed E-state index contributed by atoms with van der Waals surface area (Å²) in [5.74, 6) is -15.4. The van der Waals surface area contributed by atoms with Crippen LogP contribution in [0.1, 0.15) is 241 Å². The Morgan fingerprint density at radius 3 is 1.56 bits per heavy atom. The number of allylic oxidation sites excluding steroid dienone is 2. The number of nitrogens with zero attached hydrogens (tertiary/aromatic N) is 4. The van der Waals surface area contributed by atoms with Gasteiger partial charge in [-0.2, -0.15) is 0 Å². The van der Waals surface area contributed by atoms with Gasteiger partial charge in [-0.25, -0.2) is 15.2 Å². The van der Waals surface area contributed by atoms with E-state index in [0.717, 1.165) is 43.4 Å². The van der Waals surface area contributed by atoms with Crippen molar-refractivity contribution in [1.29, 1.82) is 0 Å². The fourth-order valence-electron chi connectivity index (χ4n) is 13.1. The van der Waals surface area contributed by atoms with Crippen LogP contribution in [0, 0.1) is 23.7 Å². The Morgan fingerprint density at radius 2 is 1.02 bits per heavy atom. The summed E-state index contributed by atoms with van der Waals surface area (Å²) in [5, 5.41) is 48.0. The molecule has 0 saturated carbocycles. The Hall–Kier alpha value is -10.5. The van der Waals surface area contributed by atoms with Crippen molar-refractivity contribution in [3.63, 3.8) is 0 Å². The maximum Gasteiger partial charge on any atom is 0.326 e. The van der Waals surface area contributed by atoms with Crippen molar-refractivity contribution >= 4 is 101 Å². The molecule has 0 aromatic carbocycles. The molecule has 26 N–H and O–H groups in total. The minimum absolute atomic E-state index is 0.00682. The number of nitrogens with one attached hydrogen (secondary N) is 14. The first-order valence-electron chi connectivity index (χ1n) is 42.5. The maximum atomic E-state index is 14.8. The zero-order valence-corrected chi connectivity index (χ0v) is 71.8. The number of H-pyrrole nitrogens is 1. The number of aromatic amines is 1. The highest BCUT2D eigenvalue weighted by Gasteiger charge is 2.42. The van der Waals surface area contributed by atoms with Crippen LogP contribution in [0.25, 0.3) is 0 Å². The summed E-state index contributed by atoms with van der Waals surface area (Å²) >= 11 is 0. The van der Waals surface area contributed by atoms with Gasteiger partial charge < -0.3 is 107 Å². The number of rotatable bonds is 64. The summed E-state index contributed by atoms with van der Waals surface area (Å²) in [6.07, 6.45) is 22.0. The lowest BCUT2D eigenvalue weighted by atomic mass is 9.96. The monoisotopic (exact) mass is 1700 g/mol. The average molecular weight is 1700 g/mol. The molecular weight excluding hydrogens is 1560 g/mol. The first-order valence-corrected chi connectivity index (χ1v) is 42.5. The van der Waals surface area contributed by atoms with Gasteiger partial charge >= 0.3 is 11.9 Å². The number of hydrogen-bond donors (Lipinski definition) is 21. The Labute approximate surface area is 705 Å². The van der Waals surface area contributed by atoms with Gasteiger partial charge in [0.1, 0.15) is 60.4 Å². The number of carbonyl (C=O) groups excluding carboxylic acids is 13. The van der Waals surface area contributed by atoms with Crippen molar-refractivity contribution in [2.75, 3.05) is 45.8 Å². The molecule has 0 radical (unpaired) electrons. The van der Waals surface area contributed by atoms with Crippen molar-refractivity contribution in [2.24, 2.45) is 62.3 Å². The highest BCUT2D eigenvalue weighted by molar-refractivity contribution is 6.00. The second-order valence-corrected chi connectivity index (χ2v) is 31.6. The van der Waals surface area contributed by atoms with E-state index in [9.17, 15) is 82.1 Å². The van der Waals surface area contributed by atoms with E-state index in [-0.39, 0.29) is 121 Å². The third kappa shape index (κ3) is 44.5. The molecule has 1 aromatic heterocycles. The second-order valence-electron chi connectivity index (χ2n) is 31.6. The summed E-state index contributed by atoms with van der Waals surface area (Å²) in [7, 11) is 0. The number of unbranched alkanes of at least 4 members (excludes halogenated alkanes) is 12. The first-order chi connectivity index (χ1) is 57.0. The van der Waals surface area contributed by atoms with Crippen LogP contribution < -0.4 is 98.0 Å². The quantitative estimate of drug-likeness (QED) is 0.0132. The molecular formula is C80H141N23O17. The lowest BCUT2D eigenvalue weighted by Crippen LogP contribution is -2.61. The summed E-state index contributed by atoms with van der Waals surface area (Å²) in [6.45, 7) is 14.0. The van der Waals surface area contributed by atoms with Gasteiger partial charge in [0.25, 0.3) is 0 Å². The summed E-state index contributed by atoms with van der Waals surface area (Å²) in [4.78, 5) is 222. The molecule has 1 aromatic rings. The molecule has 2 rings (SSSR count). The van der Waals surface area contributed by atoms with E-state index in [1.54, 1.807) is 55.4 Å². The van der Waals surface area contributed by atoms with E-state index in [1.165, 1.54) is 51.0 Å². The molecule has 1 fully saturated rings. The molecule has 1 aliphatic heterocycles. The summed E-state index contributed by atoms with van der Waals surface area (Å²) in [5.41, 5.74) is 33.5. The van der Waals surface area contributed by atoms with Gasteiger partial charge in [-0.05, 0) is 133 Å². The third-order valence-corrected chi connectivity index (χ3v) is 20.1. The van der Waals surface area contributed by atoms with Crippen molar-refractivity contribution < 1.29 is 82.1 Å². The number of carboxylic acid groups (broad SMARTS) is 2. The number of nitrogens with two attached hydrogens (primary N) is 5. The van der Waals surface area contributed by atoms with Crippen LogP contribution in [-0.4, -0.2) is 232 Å². The molecule has 11 atom stereocenters. The molecule has 1 aliphatic rings. The molecule has 2 heterocycles. The Bertz CT molecular complexity index is 3460. The number of likely N-dealkylation sites (tertiary alicyclic amines) is 1. The van der Waals surface area contributed by atoms with Gasteiger partial charge in [0.15, 0.2) is 11.9 Å². The molecule has 0 unspecified atom stereocenters. The van der Waals surface area contributed by atoms with Crippen molar-refractivity contribution in [3.8, 4) is 0 Å². The highest BCUT2D eigenvalue weighted by atomic mass is 16.4. The lowest BCUT2D eigenvalue weighted by Gasteiger charge is -2.32. The summed E-state index contributed by atoms with van der Waals surface area (Å²) < 4.78 is 0. The number of aromatic nitrogens is 2. The van der Waals surface area contributed by atoms with Crippen LogP contribution in [0.5, 0.6) is 0 Å². The topological polar surface area (TPSA) is 640 Å². The SMILES string of the molecule is CCCCCCCC/C=C\CCCCCCCC(=O)NNCC(=O)N[C@@H](CCCN=C(N)N)C(=O)NCC(=O)N[C@@H](CCCN=C(N)N)C(=O)N[C@H](C(=O)N[C@@H](CC(C)C)C(=O)N[C@@H](CCCCN)C(=O)N[C@@H](CCC(=O)O)C(=O)N1CCC[C@H]1C(=O)N[C@H](C(=O)N[C@@H](Cc1cnc[nH]1)C(=O)NCC(=O)N[C@H](C(=O)O)C(C)C)C(C)C)[C@@H](C)CC. The van der Waals surface area contributed by atoms with Gasteiger partial charge in [-0.3, -0.25) is 82.5 Å². The van der Waals surface area contributed by atoms with Crippen LogP contribution in [0.2, 0.25) is 0 Å². The molecule has 40 heteroatoms. The zero-order chi connectivity index (χ0) is 89.7. The number of carboxylic acids is 2. The molecule has 678 valence electrons. The van der Waals surface area contributed by atoms with Crippen LogP contribution in [0.4, 0.5) is 0 Å². The van der Waals surface area contributed by atoms with Gasteiger partial charge in [-0.15, -0.1) is 0 Å². The van der Waals surface area contributed by atoms with Crippen molar-refractivity contribution in [1.82, 2.24) is 84.2 Å². The maximum absolute atomic E-state index is 14.8. The first kappa shape index (κ1) is 106. The Kier molecular flexibility index (Phi) is 52.8. The number of aliphatic imine (C=N–C) groups is 2. The highest BCUT2D eigenvalue weighted by Crippen LogP contribution is 2.22. The van der Waals surface area contributed by atoms with E-state index in [4.69, 9.17) is 28.7 Å². The molecule has 0 bridgehead atoms. The van der Waals surface area contributed by atoms with E-state index < -0.39 is 193 Å². The average Bonchev–Trinajstić information content (AvgIpc) is 1.62. The molecule has 40 nitrogen and oxygen atoms in total. The van der Waals surface area contributed by atoms with Gasteiger partial charge in [0, 0.05) is 50.8 Å². The molecule has 0 aliphatic carbocycles. The number of guanidine groups is 2. The number of hydrazine groups is 1. The normalized spacial score (nSPS) is 15.0. The van der Waals surface area contributed by atoms with Gasteiger partial charge in [0.2, 0.25) is 76.8 Å². The Balaban J connectivity index is 2.32. The van der Waals surface area contributed by atoms with E-state index in [0.29, 0.717) is 25.0 Å². The van der Waals surface area contributed by atoms with Gasteiger partial charge in [0.05, 0.1) is 26.0 Å². The van der Waals surface area contributed by atoms with Crippen molar-refractivity contribution in [2.45, 2.75) is 303 Å². The number of hydrogen-bond acceptors (Lipinski definition) is 20. The number of carbonyl (C=O) groups is 15. The third-order valence-electron chi connectivity index (χ3n) is 20.1. The molecule has 0 spiro atoms. The zero-order valence-electron chi connectivity index (χ0n) is 71.8. The smallest absolute Gasteiger partial charge is 0.326 e. The minimum atomic E-state index is -1.60. The lowest BCUT2D eigenvalue weighted by molar-refractivity contribution is -0.144. The summed E-state index contributed by atoms with van der Waals surface area (Å²) in [6, 6.07) is -13.6. The van der Waals surface area contributed by atoms with Crippen LogP contribution in [0.3, 0.4) is 0 Å². The number of amides is 13. The largest absolute Gasteiger partial charge is 0.481 e. The van der Waals surface area contributed by atoms with E-state index in [2.05, 4.69) is 108 Å². The van der Waals surface area contributed by atoms with Crippen LogP contribution in [-0.2, 0) is 78.3 Å². The van der Waals surface area contributed by atoms with E-state index >= 15 is 0 Å². The molecule has 1 saturated heterocycles. The predicted octanol–water partition coefficient (Wildman–Crippen LogP) is -0.213. The second kappa shape index (κ2) is 60.0. The van der Waals surface area contributed by atoms with Crippen molar-refractivity contribution in [3.05, 3.63) is 30.4 Å². The number of imidazole rings is 1. The number of aliphatic carboxylic acids is 2. The fraction of sp³-hybridized carbons (Fsp3) is 0.725. The predicted molar refractivity (Wildman–Crippen MR) is 452 cm³/mol. The molecule has 13 amide bonds.